The summed E-state index contributed by atoms with van der Waals surface area (Å²) in [5.74, 6) is 5.36. The van der Waals surface area contributed by atoms with E-state index in [1.807, 2.05) is 11.4 Å². The zero-order chi connectivity index (χ0) is 13.8. The summed E-state index contributed by atoms with van der Waals surface area (Å²) in [6, 6.07) is 4.96. The van der Waals surface area contributed by atoms with Crippen LogP contribution in [0.1, 0.15) is 15.2 Å². The van der Waals surface area contributed by atoms with E-state index in [1.165, 1.54) is 12.1 Å². The Morgan fingerprint density at radius 3 is 2.95 bits per heavy atom. The number of anilines is 1. The van der Waals surface area contributed by atoms with Crippen molar-refractivity contribution in [2.24, 2.45) is 5.84 Å². The fourth-order valence-electron chi connectivity index (χ4n) is 1.42. The summed E-state index contributed by atoms with van der Waals surface area (Å²) in [7, 11) is 0. The Kier molecular flexibility index (Phi) is 4.76. The Hall–Kier alpha value is -1.15. The average Bonchev–Trinajstić information content (AvgIpc) is 2.80. The molecule has 0 fully saturated rings. The maximum atomic E-state index is 12.0. The number of amides is 1. The molecule has 0 spiro atoms. The lowest BCUT2D eigenvalue weighted by Gasteiger charge is -2.06. The standard InChI is InChI=1S/C11H10BrClN4OS/c12-7-1-2-19-8(7)5-15-11(18)6-3-9(13)16-10(4-6)17-14/h1-4H,5,14H2,(H,15,18)(H,16,17). The van der Waals surface area contributed by atoms with Crippen LogP contribution in [0.5, 0.6) is 0 Å². The second kappa shape index (κ2) is 6.33. The molecule has 0 aliphatic heterocycles. The van der Waals surface area contributed by atoms with Crippen molar-refractivity contribution in [2.75, 3.05) is 5.43 Å². The lowest BCUT2D eigenvalue weighted by Crippen LogP contribution is -2.23. The third-order valence-electron chi connectivity index (χ3n) is 2.30. The molecule has 2 rings (SSSR count). The van der Waals surface area contributed by atoms with E-state index in [1.54, 1.807) is 11.3 Å². The zero-order valence-corrected chi connectivity index (χ0v) is 12.8. The van der Waals surface area contributed by atoms with Crippen LogP contribution in [0, 0.1) is 0 Å². The van der Waals surface area contributed by atoms with Gasteiger partial charge in [0.15, 0.2) is 0 Å². The number of nitrogens with zero attached hydrogens (tertiary/aromatic N) is 1. The van der Waals surface area contributed by atoms with Crippen LogP contribution in [0.4, 0.5) is 5.82 Å². The molecule has 0 aliphatic rings. The number of hydrazine groups is 1. The minimum atomic E-state index is -0.235. The third-order valence-corrected chi connectivity index (χ3v) is 4.42. The normalized spacial score (nSPS) is 10.3. The largest absolute Gasteiger partial charge is 0.347 e. The Morgan fingerprint density at radius 1 is 1.53 bits per heavy atom. The predicted octanol–water partition coefficient (Wildman–Crippen LogP) is 2.77. The Labute approximate surface area is 127 Å². The van der Waals surface area contributed by atoms with Crippen molar-refractivity contribution >= 4 is 50.6 Å². The van der Waals surface area contributed by atoms with Crippen molar-refractivity contribution in [1.82, 2.24) is 10.3 Å². The van der Waals surface area contributed by atoms with Crippen molar-refractivity contribution in [3.63, 3.8) is 0 Å². The monoisotopic (exact) mass is 360 g/mol. The van der Waals surface area contributed by atoms with Crippen molar-refractivity contribution in [3.05, 3.63) is 43.6 Å². The molecule has 0 aliphatic carbocycles. The number of nitrogens with one attached hydrogen (secondary N) is 2. The van der Waals surface area contributed by atoms with Gasteiger partial charge in [0, 0.05) is 14.9 Å². The van der Waals surface area contributed by atoms with Crippen LogP contribution in [-0.4, -0.2) is 10.9 Å². The molecular weight excluding hydrogens is 352 g/mol. The number of pyridine rings is 1. The first-order valence-corrected chi connectivity index (χ1v) is 7.29. The number of nitrogens with two attached hydrogens (primary N) is 1. The van der Waals surface area contributed by atoms with Crippen molar-refractivity contribution < 1.29 is 4.79 Å². The third kappa shape index (κ3) is 3.66. The quantitative estimate of drug-likeness (QED) is 0.444. The Morgan fingerprint density at radius 2 is 2.32 bits per heavy atom. The smallest absolute Gasteiger partial charge is 0.251 e. The van der Waals surface area contributed by atoms with Gasteiger partial charge in [0.2, 0.25) is 0 Å². The number of halogens is 2. The second-order valence-electron chi connectivity index (χ2n) is 3.58. The molecule has 4 N–H and O–H groups in total. The maximum Gasteiger partial charge on any atom is 0.251 e. The summed E-state index contributed by atoms with van der Waals surface area (Å²) in [5.41, 5.74) is 2.76. The van der Waals surface area contributed by atoms with E-state index in [-0.39, 0.29) is 11.1 Å². The van der Waals surface area contributed by atoms with Gasteiger partial charge in [0.1, 0.15) is 11.0 Å². The summed E-state index contributed by atoms with van der Waals surface area (Å²) in [4.78, 5) is 16.9. The van der Waals surface area contributed by atoms with E-state index in [0.717, 1.165) is 9.35 Å². The van der Waals surface area contributed by atoms with E-state index < -0.39 is 0 Å². The molecule has 0 saturated heterocycles. The van der Waals surface area contributed by atoms with Crippen molar-refractivity contribution in [2.45, 2.75) is 6.54 Å². The first-order valence-electron chi connectivity index (χ1n) is 5.24. The molecule has 0 aromatic carbocycles. The Balaban J connectivity index is 2.08. The van der Waals surface area contributed by atoms with Gasteiger partial charge in [0.05, 0.1) is 6.54 Å². The number of carbonyl (C=O) groups excluding carboxylic acids is 1. The zero-order valence-electron chi connectivity index (χ0n) is 9.61. The molecular formula is C11H10BrClN4OS. The molecule has 0 bridgehead atoms. The van der Waals surface area contributed by atoms with Gasteiger partial charge in [-0.3, -0.25) is 4.79 Å². The highest BCUT2D eigenvalue weighted by atomic mass is 79.9. The molecule has 0 radical (unpaired) electrons. The van der Waals surface area contributed by atoms with Gasteiger partial charge in [-0.05, 0) is 39.5 Å². The summed E-state index contributed by atoms with van der Waals surface area (Å²) in [5, 5.41) is 4.96. The molecule has 1 amide bonds. The van der Waals surface area contributed by atoms with Gasteiger partial charge in [-0.15, -0.1) is 11.3 Å². The molecule has 19 heavy (non-hydrogen) atoms. The minimum Gasteiger partial charge on any atom is -0.347 e. The van der Waals surface area contributed by atoms with E-state index in [9.17, 15) is 4.79 Å². The van der Waals surface area contributed by atoms with Crippen LogP contribution < -0.4 is 16.6 Å². The first-order chi connectivity index (χ1) is 9.10. The SMILES string of the molecule is NNc1cc(C(=O)NCc2sccc2Br)cc(Cl)n1. The van der Waals surface area contributed by atoms with Gasteiger partial charge in [-0.2, -0.15) is 0 Å². The fourth-order valence-corrected chi connectivity index (χ4v) is 3.06. The van der Waals surface area contributed by atoms with Crippen LogP contribution in [-0.2, 0) is 6.54 Å². The molecule has 2 heterocycles. The molecule has 5 nitrogen and oxygen atoms in total. The second-order valence-corrected chi connectivity index (χ2v) is 5.82. The van der Waals surface area contributed by atoms with E-state index in [4.69, 9.17) is 17.4 Å². The number of nitrogen functional groups attached to an aromatic ring is 1. The van der Waals surface area contributed by atoms with Gasteiger partial charge < -0.3 is 10.7 Å². The number of thiophene rings is 1. The van der Waals surface area contributed by atoms with Crippen molar-refractivity contribution in [1.29, 1.82) is 0 Å². The molecule has 8 heteroatoms. The van der Waals surface area contributed by atoms with E-state index in [0.29, 0.717) is 17.9 Å². The predicted molar refractivity (Wildman–Crippen MR) is 80.2 cm³/mol. The highest BCUT2D eigenvalue weighted by molar-refractivity contribution is 9.10. The van der Waals surface area contributed by atoms with Gasteiger partial charge in [-0.25, -0.2) is 10.8 Å². The molecule has 0 saturated carbocycles. The average molecular weight is 362 g/mol. The molecule has 0 unspecified atom stereocenters. The highest BCUT2D eigenvalue weighted by Gasteiger charge is 2.10. The van der Waals surface area contributed by atoms with Gasteiger partial charge in [0.25, 0.3) is 5.91 Å². The van der Waals surface area contributed by atoms with E-state index >= 15 is 0 Å². The lowest BCUT2D eigenvalue weighted by molar-refractivity contribution is 0.0951. The minimum absolute atomic E-state index is 0.206. The van der Waals surface area contributed by atoms with Crippen LogP contribution in [0.15, 0.2) is 28.1 Å². The van der Waals surface area contributed by atoms with Gasteiger partial charge >= 0.3 is 0 Å². The summed E-state index contributed by atoms with van der Waals surface area (Å²) in [6.07, 6.45) is 0. The molecule has 0 atom stereocenters. The topological polar surface area (TPSA) is 80.0 Å². The lowest BCUT2D eigenvalue weighted by atomic mass is 10.2. The molecule has 2 aromatic rings. The number of aromatic nitrogens is 1. The molecule has 100 valence electrons. The Bertz CT molecular complexity index is 604. The van der Waals surface area contributed by atoms with Crippen LogP contribution >= 0.6 is 38.9 Å². The number of carbonyl (C=O) groups is 1. The molecule has 2 aromatic heterocycles. The van der Waals surface area contributed by atoms with Crippen LogP contribution in [0.2, 0.25) is 5.15 Å². The van der Waals surface area contributed by atoms with Crippen molar-refractivity contribution in [3.8, 4) is 0 Å². The number of hydrogen-bond acceptors (Lipinski definition) is 5. The van der Waals surface area contributed by atoms with Crippen LogP contribution in [0.3, 0.4) is 0 Å². The maximum absolute atomic E-state index is 12.0. The number of hydrogen-bond donors (Lipinski definition) is 3. The van der Waals surface area contributed by atoms with E-state index in [2.05, 4.69) is 31.7 Å². The summed E-state index contributed by atoms with van der Waals surface area (Å²) < 4.78 is 0.981. The highest BCUT2D eigenvalue weighted by Crippen LogP contribution is 2.22. The summed E-state index contributed by atoms with van der Waals surface area (Å²) in [6.45, 7) is 0.447. The number of rotatable bonds is 4. The summed E-state index contributed by atoms with van der Waals surface area (Å²) >= 11 is 10.8. The van der Waals surface area contributed by atoms with Gasteiger partial charge in [-0.1, -0.05) is 11.6 Å². The first kappa shape index (κ1) is 14.3. The van der Waals surface area contributed by atoms with Crippen LogP contribution in [0.25, 0.3) is 0 Å². The fraction of sp³-hybridized carbons (Fsp3) is 0.0909.